The van der Waals surface area contributed by atoms with Gasteiger partial charge in [0.2, 0.25) is 0 Å². The van der Waals surface area contributed by atoms with E-state index in [2.05, 4.69) is 0 Å². The molecule has 1 rings (SSSR count). The average molecular weight is 530 g/mol. The molecule has 0 aliphatic carbocycles. The number of carbonyl (C=O) groups is 2. The molecule has 0 saturated carbocycles. The van der Waals surface area contributed by atoms with Crippen molar-refractivity contribution in [3.05, 3.63) is 16.0 Å². The molecule has 0 radical (unpaired) electrons. The third-order valence-corrected chi connectivity index (χ3v) is 5.32. The number of amides is 2. The molecule has 18 heteroatoms. The minimum Gasteiger partial charge on any atom is -0.365 e. The predicted molar refractivity (Wildman–Crippen MR) is 86.4 cm³/mol. The van der Waals surface area contributed by atoms with E-state index in [9.17, 15) is 66.7 Å². The number of thiophene rings is 1. The molecule has 0 aliphatic heterocycles. The van der Waals surface area contributed by atoms with E-state index < -0.39 is 58.2 Å². The first-order valence-corrected chi connectivity index (χ1v) is 8.94. The minimum absolute atomic E-state index is 0.000408. The smallest absolute Gasteiger partial charge is 0.365 e. The molecular formula is C15H11F13N2O2S. The Morgan fingerprint density at radius 2 is 1.24 bits per heavy atom. The molecule has 4 nitrogen and oxygen atoms in total. The van der Waals surface area contributed by atoms with Crippen LogP contribution >= 0.6 is 11.3 Å². The van der Waals surface area contributed by atoms with Crippen molar-refractivity contribution in [3.63, 3.8) is 0 Å². The number of primary amides is 1. The summed E-state index contributed by atoms with van der Waals surface area (Å²) in [5, 5.41) is -0.119. The first-order valence-electron chi connectivity index (χ1n) is 8.12. The van der Waals surface area contributed by atoms with Crippen LogP contribution in [0.25, 0.3) is 0 Å². The molecule has 2 amide bonds. The Morgan fingerprint density at radius 1 is 0.818 bits per heavy atom. The Balaban J connectivity index is 3.53. The van der Waals surface area contributed by atoms with Crippen molar-refractivity contribution in [2.24, 2.45) is 5.73 Å². The molecule has 190 valence electrons. The third kappa shape index (κ3) is 4.09. The molecule has 0 aliphatic rings. The maximum absolute atomic E-state index is 13.9. The number of carbonyl (C=O) groups excluding carboxylic acids is 2. The molecular weight excluding hydrogens is 519 g/mol. The summed E-state index contributed by atoms with van der Waals surface area (Å²) >= 11 is 0.254. The van der Waals surface area contributed by atoms with Crippen LogP contribution < -0.4 is 11.1 Å². The van der Waals surface area contributed by atoms with Gasteiger partial charge >= 0.3 is 41.7 Å². The van der Waals surface area contributed by atoms with Crippen molar-refractivity contribution in [3.8, 4) is 0 Å². The van der Waals surface area contributed by atoms with Crippen molar-refractivity contribution in [2.45, 2.75) is 56.1 Å². The highest BCUT2D eigenvalue weighted by molar-refractivity contribution is 7.16. The first kappa shape index (κ1) is 28.8. The zero-order valence-corrected chi connectivity index (χ0v) is 16.7. The quantitative estimate of drug-likeness (QED) is 0.443. The molecule has 3 N–H and O–H groups in total. The minimum atomic E-state index is -8.13. The van der Waals surface area contributed by atoms with Gasteiger partial charge in [0, 0.05) is 4.88 Å². The van der Waals surface area contributed by atoms with Crippen molar-refractivity contribution < 1.29 is 66.7 Å². The Hall–Kier alpha value is -2.27. The number of nitrogens with one attached hydrogen (secondary N) is 1. The van der Waals surface area contributed by atoms with Crippen LogP contribution in [0.4, 0.5) is 62.1 Å². The Morgan fingerprint density at radius 3 is 1.61 bits per heavy atom. The van der Waals surface area contributed by atoms with E-state index in [4.69, 9.17) is 5.73 Å². The van der Waals surface area contributed by atoms with Crippen molar-refractivity contribution in [1.29, 1.82) is 0 Å². The highest BCUT2D eigenvalue weighted by atomic mass is 32.1. The van der Waals surface area contributed by atoms with E-state index in [1.165, 1.54) is 13.8 Å². The molecule has 0 spiro atoms. The third-order valence-electron chi connectivity index (χ3n) is 4.25. The Bertz CT molecular complexity index is 937. The van der Waals surface area contributed by atoms with Crippen LogP contribution in [-0.2, 0) is 11.2 Å². The van der Waals surface area contributed by atoms with Crippen LogP contribution in [0, 0.1) is 6.92 Å². The van der Waals surface area contributed by atoms with E-state index in [0.29, 0.717) is 0 Å². The number of nitrogens with two attached hydrogens (primary N) is 1. The molecule has 0 aromatic carbocycles. The summed E-state index contributed by atoms with van der Waals surface area (Å²) in [5.74, 6) is -43.8. The fraction of sp³-hybridized carbons (Fsp3) is 0.600. The summed E-state index contributed by atoms with van der Waals surface area (Å²) in [7, 11) is 0. The van der Waals surface area contributed by atoms with E-state index in [-0.39, 0.29) is 28.2 Å². The zero-order chi connectivity index (χ0) is 26.6. The predicted octanol–water partition coefficient (Wildman–Crippen LogP) is 5.40. The monoisotopic (exact) mass is 530 g/mol. The number of alkyl halides is 13. The standard InChI is InChI=1S/C15H11F13N2O2S/c1-3-5-4(2)33-8(6(5)7(29)31)30-9(32)10(16,17)11(18,19)12(20,21)13(22,23)14(24,25)15(26,27)28/h3H2,1-2H3,(H2,29,31)(H,30,32). The molecule has 0 unspecified atom stereocenters. The summed E-state index contributed by atoms with van der Waals surface area (Å²) in [6, 6.07) is 0. The van der Waals surface area contributed by atoms with Crippen molar-refractivity contribution in [2.75, 3.05) is 5.32 Å². The summed E-state index contributed by atoms with van der Waals surface area (Å²) in [6.45, 7) is 2.62. The molecule has 0 atom stereocenters. The van der Waals surface area contributed by atoms with Gasteiger partial charge in [0.15, 0.2) is 0 Å². The molecule has 33 heavy (non-hydrogen) atoms. The summed E-state index contributed by atoms with van der Waals surface area (Å²) in [6.07, 6.45) is -7.60. The van der Waals surface area contributed by atoms with Gasteiger partial charge in [0.05, 0.1) is 5.56 Å². The number of rotatable bonds is 8. The molecule has 1 heterocycles. The lowest BCUT2D eigenvalue weighted by Gasteiger charge is -2.39. The van der Waals surface area contributed by atoms with Gasteiger partial charge in [-0.05, 0) is 18.9 Å². The fourth-order valence-electron chi connectivity index (χ4n) is 2.45. The van der Waals surface area contributed by atoms with Crippen LogP contribution in [0.15, 0.2) is 0 Å². The number of aryl methyl sites for hydroxylation is 1. The largest absolute Gasteiger partial charge is 0.460 e. The van der Waals surface area contributed by atoms with Gasteiger partial charge in [-0.1, -0.05) is 6.92 Å². The first-order chi connectivity index (χ1) is 14.4. The zero-order valence-electron chi connectivity index (χ0n) is 15.9. The van der Waals surface area contributed by atoms with Crippen molar-refractivity contribution in [1.82, 2.24) is 0 Å². The lowest BCUT2D eigenvalue weighted by atomic mass is 9.93. The summed E-state index contributed by atoms with van der Waals surface area (Å²) in [5.41, 5.74) is 4.23. The Kier molecular flexibility index (Phi) is 7.14. The fourth-order valence-corrected chi connectivity index (χ4v) is 3.59. The molecule has 1 aromatic heterocycles. The van der Waals surface area contributed by atoms with Crippen LogP contribution in [-0.4, -0.2) is 47.6 Å². The second kappa shape index (κ2) is 8.19. The van der Waals surface area contributed by atoms with Gasteiger partial charge in [-0.2, -0.15) is 57.1 Å². The number of hydrogen-bond acceptors (Lipinski definition) is 3. The van der Waals surface area contributed by atoms with Gasteiger partial charge < -0.3 is 11.1 Å². The molecule has 0 saturated heterocycles. The number of hydrogen-bond donors (Lipinski definition) is 2. The topological polar surface area (TPSA) is 72.2 Å². The highest BCUT2D eigenvalue weighted by Gasteiger charge is 2.91. The van der Waals surface area contributed by atoms with Gasteiger partial charge in [-0.25, -0.2) is 0 Å². The second-order valence-corrected chi connectivity index (χ2v) is 7.61. The van der Waals surface area contributed by atoms with Crippen molar-refractivity contribution >= 4 is 28.2 Å². The van der Waals surface area contributed by atoms with Crippen LogP contribution in [0.3, 0.4) is 0 Å². The highest BCUT2D eigenvalue weighted by Crippen LogP contribution is 2.60. The molecule has 0 bridgehead atoms. The SMILES string of the molecule is CCc1c(C)sc(NC(=O)C(F)(F)C(F)(F)C(F)(F)C(F)(F)C(F)(F)C(F)(F)F)c1C(N)=O. The van der Waals surface area contributed by atoms with Gasteiger partial charge in [-0.3, -0.25) is 9.59 Å². The average Bonchev–Trinajstić information content (AvgIpc) is 2.94. The number of anilines is 1. The maximum Gasteiger partial charge on any atom is 0.460 e. The normalized spacial score (nSPS) is 14.4. The second-order valence-electron chi connectivity index (χ2n) is 6.38. The lowest BCUT2D eigenvalue weighted by Crippen LogP contribution is -2.71. The lowest BCUT2D eigenvalue weighted by molar-refractivity contribution is -0.435. The van der Waals surface area contributed by atoms with E-state index in [0.717, 1.165) is 5.32 Å². The molecule has 1 aromatic rings. The van der Waals surface area contributed by atoms with Crippen LogP contribution in [0.2, 0.25) is 0 Å². The van der Waals surface area contributed by atoms with E-state index in [1.807, 2.05) is 0 Å². The summed E-state index contributed by atoms with van der Waals surface area (Å²) < 4.78 is 171. The van der Waals surface area contributed by atoms with Crippen LogP contribution in [0.5, 0.6) is 0 Å². The Labute approximate surface area is 178 Å². The van der Waals surface area contributed by atoms with Gasteiger partial charge in [0.25, 0.3) is 5.91 Å². The van der Waals surface area contributed by atoms with Crippen LogP contribution in [0.1, 0.15) is 27.7 Å². The van der Waals surface area contributed by atoms with E-state index in [1.54, 1.807) is 0 Å². The summed E-state index contributed by atoms with van der Waals surface area (Å²) in [4.78, 5) is 23.2. The maximum atomic E-state index is 13.9. The van der Waals surface area contributed by atoms with Gasteiger partial charge in [-0.15, -0.1) is 11.3 Å². The van der Waals surface area contributed by atoms with Gasteiger partial charge in [0.1, 0.15) is 5.00 Å². The number of halogens is 13. The van der Waals surface area contributed by atoms with E-state index >= 15 is 0 Å². The molecule has 0 fully saturated rings.